The second kappa shape index (κ2) is 10.5. The Kier molecular flexibility index (Phi) is 7.44. The summed E-state index contributed by atoms with van der Waals surface area (Å²) in [5.74, 6) is 0.277. The van der Waals surface area contributed by atoms with Crippen LogP contribution in [0.5, 0.6) is 11.5 Å². The van der Waals surface area contributed by atoms with E-state index in [-0.39, 0.29) is 6.61 Å². The molecule has 2 N–H and O–H groups in total. The molecule has 0 saturated carbocycles. The zero-order chi connectivity index (χ0) is 20.5. The Morgan fingerprint density at radius 2 is 1.62 bits per heavy atom. The molecule has 0 aliphatic heterocycles. The van der Waals surface area contributed by atoms with Gasteiger partial charge in [0.25, 0.3) is 0 Å². The van der Waals surface area contributed by atoms with Gasteiger partial charge in [0, 0.05) is 11.8 Å². The van der Waals surface area contributed by atoms with Gasteiger partial charge in [-0.1, -0.05) is 48.5 Å². The van der Waals surface area contributed by atoms with Crippen molar-refractivity contribution in [3.8, 4) is 11.5 Å². The highest BCUT2D eigenvalue weighted by atomic mass is 16.6. The van der Waals surface area contributed by atoms with Crippen LogP contribution in [0.15, 0.2) is 66.7 Å². The minimum atomic E-state index is -1.02. The molecule has 0 spiro atoms. The third kappa shape index (κ3) is 6.20. The van der Waals surface area contributed by atoms with E-state index in [4.69, 9.17) is 19.3 Å². The molecule has 1 atom stereocenters. The molecule has 0 aliphatic carbocycles. The van der Waals surface area contributed by atoms with Crippen molar-refractivity contribution in [3.05, 3.63) is 72.3 Å². The molecule has 0 radical (unpaired) electrons. The van der Waals surface area contributed by atoms with E-state index in [9.17, 15) is 9.90 Å². The number of rotatable bonds is 11. The van der Waals surface area contributed by atoms with Crippen LogP contribution in [0.4, 0.5) is 0 Å². The topological polar surface area (TPSA) is 85.2 Å². The smallest absolute Gasteiger partial charge is 0.341 e. The number of carboxylic acids is 1. The van der Waals surface area contributed by atoms with Crippen LogP contribution in [-0.2, 0) is 16.0 Å². The van der Waals surface area contributed by atoms with E-state index in [1.807, 2.05) is 60.7 Å². The highest BCUT2D eigenvalue weighted by molar-refractivity contribution is 5.91. The van der Waals surface area contributed by atoms with Crippen molar-refractivity contribution in [1.29, 1.82) is 0 Å². The van der Waals surface area contributed by atoms with Crippen molar-refractivity contribution >= 4 is 16.7 Å². The third-order valence-corrected chi connectivity index (χ3v) is 4.38. The molecular weight excluding hydrogens is 372 g/mol. The molecule has 0 saturated heterocycles. The number of hydrogen-bond acceptors (Lipinski definition) is 5. The highest BCUT2D eigenvalue weighted by Crippen LogP contribution is 2.28. The Balaban J connectivity index is 1.51. The van der Waals surface area contributed by atoms with Crippen LogP contribution in [0.25, 0.3) is 10.8 Å². The van der Waals surface area contributed by atoms with Gasteiger partial charge in [-0.25, -0.2) is 4.79 Å². The zero-order valence-electron chi connectivity index (χ0n) is 16.0. The van der Waals surface area contributed by atoms with Gasteiger partial charge in [0.2, 0.25) is 0 Å². The van der Waals surface area contributed by atoms with Crippen LogP contribution in [0.1, 0.15) is 12.0 Å². The summed E-state index contributed by atoms with van der Waals surface area (Å²) in [5, 5.41) is 20.7. The maximum atomic E-state index is 10.8. The Labute approximate surface area is 169 Å². The predicted octanol–water partition coefficient (Wildman–Crippen LogP) is 3.65. The predicted molar refractivity (Wildman–Crippen MR) is 109 cm³/mol. The lowest BCUT2D eigenvalue weighted by molar-refractivity contribution is -0.139. The van der Waals surface area contributed by atoms with Crippen LogP contribution in [0, 0.1) is 0 Å². The fraction of sp³-hybridized carbons (Fsp3) is 0.261. The third-order valence-electron chi connectivity index (χ3n) is 4.38. The summed E-state index contributed by atoms with van der Waals surface area (Å²) in [7, 11) is 0. The molecule has 0 aromatic heterocycles. The second-order valence-electron chi connectivity index (χ2n) is 6.48. The number of aliphatic hydroxyl groups is 1. The van der Waals surface area contributed by atoms with Crippen molar-refractivity contribution in [2.24, 2.45) is 0 Å². The fourth-order valence-corrected chi connectivity index (χ4v) is 3.01. The van der Waals surface area contributed by atoms with Crippen LogP contribution in [0.2, 0.25) is 0 Å². The molecule has 3 aromatic carbocycles. The minimum absolute atomic E-state index is 0.353. The SMILES string of the molecule is O=C(O)COc1cccc2c(CCOC(O)CCOc3ccccc3)cccc12. The average Bonchev–Trinajstić information content (AvgIpc) is 2.73. The van der Waals surface area contributed by atoms with E-state index in [1.54, 1.807) is 6.07 Å². The number of carbonyl (C=O) groups is 1. The molecule has 3 aromatic rings. The van der Waals surface area contributed by atoms with Crippen molar-refractivity contribution in [3.63, 3.8) is 0 Å². The first-order valence-electron chi connectivity index (χ1n) is 9.46. The van der Waals surface area contributed by atoms with E-state index in [0.717, 1.165) is 22.1 Å². The molecule has 6 heteroatoms. The van der Waals surface area contributed by atoms with Gasteiger partial charge in [0.15, 0.2) is 12.9 Å². The van der Waals surface area contributed by atoms with E-state index in [2.05, 4.69) is 0 Å². The number of hydrogen-bond donors (Lipinski definition) is 2. The summed E-state index contributed by atoms with van der Waals surface area (Å²) in [6.07, 6.45) is 0.0802. The monoisotopic (exact) mass is 396 g/mol. The summed E-state index contributed by atoms with van der Waals surface area (Å²) >= 11 is 0. The molecule has 152 valence electrons. The molecule has 6 nitrogen and oxygen atoms in total. The molecule has 0 aliphatic rings. The molecule has 1 unspecified atom stereocenters. The number of benzene rings is 3. The van der Waals surface area contributed by atoms with Crippen molar-refractivity contribution in [1.82, 2.24) is 0 Å². The van der Waals surface area contributed by atoms with Gasteiger partial charge in [-0.2, -0.15) is 0 Å². The quantitative estimate of drug-likeness (QED) is 0.481. The largest absolute Gasteiger partial charge is 0.493 e. The lowest BCUT2D eigenvalue weighted by atomic mass is 10.0. The van der Waals surface area contributed by atoms with Gasteiger partial charge in [-0.3, -0.25) is 0 Å². The first kappa shape index (κ1) is 20.6. The highest BCUT2D eigenvalue weighted by Gasteiger charge is 2.09. The van der Waals surface area contributed by atoms with E-state index in [1.165, 1.54) is 0 Å². The summed E-state index contributed by atoms with van der Waals surface area (Å²) in [6.45, 7) is 0.333. The van der Waals surface area contributed by atoms with Crippen molar-refractivity contribution in [2.45, 2.75) is 19.1 Å². The number of aliphatic carboxylic acids is 1. The van der Waals surface area contributed by atoms with Gasteiger partial charge in [0.1, 0.15) is 11.5 Å². The number of ether oxygens (including phenoxy) is 3. The summed E-state index contributed by atoms with van der Waals surface area (Å²) in [4.78, 5) is 10.8. The number of aliphatic hydroxyl groups excluding tert-OH is 1. The van der Waals surface area contributed by atoms with Gasteiger partial charge in [-0.15, -0.1) is 0 Å². The Morgan fingerprint density at radius 3 is 2.41 bits per heavy atom. The van der Waals surface area contributed by atoms with Crippen molar-refractivity contribution in [2.75, 3.05) is 19.8 Å². The first-order valence-corrected chi connectivity index (χ1v) is 9.46. The molecule has 3 rings (SSSR count). The standard InChI is InChI=1S/C23H24O6/c24-22(25)16-29-21-11-5-9-19-17(6-4-10-20(19)21)12-14-28-23(26)13-15-27-18-7-2-1-3-8-18/h1-11,23,26H,12-16H2,(H,24,25). The Hall–Kier alpha value is -3.09. The molecule has 0 fully saturated rings. The Morgan fingerprint density at radius 1 is 0.862 bits per heavy atom. The molecule has 29 heavy (non-hydrogen) atoms. The molecular formula is C23H24O6. The summed E-state index contributed by atoms with van der Waals surface area (Å²) in [5.41, 5.74) is 1.04. The number of fused-ring (bicyclic) bond motifs is 1. The summed E-state index contributed by atoms with van der Waals surface area (Å²) in [6, 6.07) is 20.8. The van der Waals surface area contributed by atoms with Crippen LogP contribution >= 0.6 is 0 Å². The Bertz CT molecular complexity index is 925. The number of para-hydroxylation sites is 1. The fourth-order valence-electron chi connectivity index (χ4n) is 3.01. The maximum Gasteiger partial charge on any atom is 0.341 e. The molecule has 0 amide bonds. The van der Waals surface area contributed by atoms with Gasteiger partial charge in [-0.05, 0) is 35.6 Å². The lowest BCUT2D eigenvalue weighted by Crippen LogP contribution is -2.17. The van der Waals surface area contributed by atoms with Gasteiger partial charge >= 0.3 is 5.97 Å². The van der Waals surface area contributed by atoms with Crippen molar-refractivity contribution < 1.29 is 29.2 Å². The second-order valence-corrected chi connectivity index (χ2v) is 6.48. The van der Waals surface area contributed by atoms with Crippen LogP contribution in [-0.4, -0.2) is 42.3 Å². The van der Waals surface area contributed by atoms with E-state index < -0.39 is 12.3 Å². The van der Waals surface area contributed by atoms with E-state index >= 15 is 0 Å². The maximum absolute atomic E-state index is 10.8. The lowest BCUT2D eigenvalue weighted by Gasteiger charge is -2.14. The number of carboxylic acid groups (broad SMARTS) is 1. The first-order chi connectivity index (χ1) is 14.1. The van der Waals surface area contributed by atoms with E-state index in [0.29, 0.717) is 31.8 Å². The summed E-state index contributed by atoms with van der Waals surface area (Å²) < 4.78 is 16.4. The minimum Gasteiger partial charge on any atom is -0.493 e. The normalized spacial score (nSPS) is 11.9. The van der Waals surface area contributed by atoms with Crippen LogP contribution in [0.3, 0.4) is 0 Å². The van der Waals surface area contributed by atoms with Gasteiger partial charge < -0.3 is 24.4 Å². The van der Waals surface area contributed by atoms with Gasteiger partial charge in [0.05, 0.1) is 13.2 Å². The zero-order valence-corrected chi connectivity index (χ0v) is 16.0. The average molecular weight is 396 g/mol. The van der Waals surface area contributed by atoms with Crippen LogP contribution < -0.4 is 9.47 Å². The molecule has 0 heterocycles. The molecule has 0 bridgehead atoms.